The summed E-state index contributed by atoms with van der Waals surface area (Å²) >= 11 is 6.21. The van der Waals surface area contributed by atoms with E-state index in [0.717, 1.165) is 19.4 Å². The molecule has 1 aromatic rings. The average Bonchev–Trinajstić information content (AvgIpc) is 3.21. The third-order valence-electron chi connectivity index (χ3n) is 4.65. The molecule has 0 aromatic carbocycles. The minimum absolute atomic E-state index is 0.0692. The van der Waals surface area contributed by atoms with Crippen molar-refractivity contribution in [1.82, 2.24) is 9.78 Å². The Morgan fingerprint density at radius 2 is 1.95 bits per heavy atom. The fourth-order valence-electron chi connectivity index (χ4n) is 3.54. The third-order valence-corrected chi connectivity index (χ3v) is 4.94. The van der Waals surface area contributed by atoms with Crippen LogP contribution in [0.3, 0.4) is 0 Å². The highest BCUT2D eigenvalue weighted by atomic mass is 35.5. The van der Waals surface area contributed by atoms with Crippen LogP contribution < -0.4 is 10.9 Å². The van der Waals surface area contributed by atoms with Crippen molar-refractivity contribution < 1.29 is 0 Å². The van der Waals surface area contributed by atoms with Gasteiger partial charge in [0, 0.05) is 12.6 Å². The third kappa shape index (κ3) is 3.60. The van der Waals surface area contributed by atoms with E-state index in [0.29, 0.717) is 34.5 Å². The predicted octanol–water partition coefficient (Wildman–Crippen LogP) is 3.54. The SMILES string of the molecule is CC1CC(C)CC(Nc2c(Cl)cnn(CC3CC3)c2=O)C1. The first kappa shape index (κ1) is 14.9. The summed E-state index contributed by atoms with van der Waals surface area (Å²) < 4.78 is 1.57. The van der Waals surface area contributed by atoms with Gasteiger partial charge >= 0.3 is 0 Å². The Kier molecular flexibility index (Phi) is 4.25. The van der Waals surface area contributed by atoms with Crippen molar-refractivity contribution in [2.75, 3.05) is 5.32 Å². The fraction of sp³-hybridized carbons (Fsp3) is 0.750. The lowest BCUT2D eigenvalue weighted by atomic mass is 9.80. The summed E-state index contributed by atoms with van der Waals surface area (Å²) in [5, 5.41) is 8.02. The van der Waals surface area contributed by atoms with Crippen LogP contribution >= 0.6 is 11.6 Å². The van der Waals surface area contributed by atoms with Gasteiger partial charge in [-0.05, 0) is 49.9 Å². The second-order valence-electron chi connectivity index (χ2n) is 7.06. The maximum atomic E-state index is 12.5. The minimum Gasteiger partial charge on any atom is -0.377 e. The van der Waals surface area contributed by atoms with E-state index in [1.54, 1.807) is 10.9 Å². The summed E-state index contributed by atoms with van der Waals surface area (Å²) in [7, 11) is 0. The molecule has 1 aromatic heterocycles. The number of hydrogen-bond acceptors (Lipinski definition) is 3. The summed E-state index contributed by atoms with van der Waals surface area (Å²) in [4.78, 5) is 12.5. The molecule has 1 heterocycles. The fourth-order valence-corrected chi connectivity index (χ4v) is 3.72. The number of anilines is 1. The standard InChI is InChI=1S/C16H24ClN3O/c1-10-5-11(2)7-13(6-10)19-15-14(17)8-18-20(16(15)21)9-12-3-4-12/h8,10-13,19H,3-7,9H2,1-2H3. The largest absolute Gasteiger partial charge is 0.377 e. The molecule has 0 amide bonds. The van der Waals surface area contributed by atoms with E-state index in [9.17, 15) is 4.79 Å². The normalized spacial score (nSPS) is 29.4. The Labute approximate surface area is 130 Å². The summed E-state index contributed by atoms with van der Waals surface area (Å²) in [6.07, 6.45) is 7.49. The zero-order chi connectivity index (χ0) is 15.0. The van der Waals surface area contributed by atoms with Crippen LogP contribution in [0.1, 0.15) is 46.0 Å². The maximum absolute atomic E-state index is 12.5. The van der Waals surface area contributed by atoms with Crippen LogP contribution in [0.5, 0.6) is 0 Å². The molecule has 0 radical (unpaired) electrons. The topological polar surface area (TPSA) is 46.9 Å². The van der Waals surface area contributed by atoms with Gasteiger partial charge in [0.1, 0.15) is 5.69 Å². The molecule has 3 rings (SSSR count). The lowest BCUT2D eigenvalue weighted by Gasteiger charge is -2.32. The van der Waals surface area contributed by atoms with Crippen molar-refractivity contribution in [2.45, 2.75) is 58.5 Å². The second-order valence-corrected chi connectivity index (χ2v) is 7.46. The zero-order valence-electron chi connectivity index (χ0n) is 12.8. The first-order chi connectivity index (χ1) is 10.0. The van der Waals surface area contributed by atoms with Crippen molar-refractivity contribution in [2.24, 2.45) is 17.8 Å². The molecule has 5 heteroatoms. The number of hydrogen-bond donors (Lipinski definition) is 1. The van der Waals surface area contributed by atoms with Crippen LogP contribution in [0.25, 0.3) is 0 Å². The Bertz CT molecular complexity index is 557. The van der Waals surface area contributed by atoms with Gasteiger partial charge in [-0.15, -0.1) is 0 Å². The van der Waals surface area contributed by atoms with Gasteiger partial charge in [-0.25, -0.2) is 4.68 Å². The molecule has 0 spiro atoms. The number of nitrogens with zero attached hydrogens (tertiary/aromatic N) is 2. The number of rotatable bonds is 4. The van der Waals surface area contributed by atoms with E-state index in [1.165, 1.54) is 19.3 Å². The molecule has 1 N–H and O–H groups in total. The van der Waals surface area contributed by atoms with Gasteiger partial charge in [-0.2, -0.15) is 5.10 Å². The van der Waals surface area contributed by atoms with Crippen LogP contribution in [0, 0.1) is 17.8 Å². The molecule has 0 bridgehead atoms. The van der Waals surface area contributed by atoms with Gasteiger partial charge in [0.15, 0.2) is 0 Å². The Balaban J connectivity index is 1.78. The molecular weight excluding hydrogens is 286 g/mol. The molecule has 4 nitrogen and oxygen atoms in total. The maximum Gasteiger partial charge on any atom is 0.291 e. The first-order valence-corrected chi connectivity index (χ1v) is 8.43. The Morgan fingerprint density at radius 1 is 1.29 bits per heavy atom. The lowest BCUT2D eigenvalue weighted by molar-refractivity contribution is 0.280. The highest BCUT2D eigenvalue weighted by Gasteiger charge is 2.27. The smallest absolute Gasteiger partial charge is 0.291 e. The van der Waals surface area contributed by atoms with E-state index in [2.05, 4.69) is 24.3 Å². The van der Waals surface area contributed by atoms with Crippen LogP contribution in [0.4, 0.5) is 5.69 Å². The van der Waals surface area contributed by atoms with Crippen molar-refractivity contribution >= 4 is 17.3 Å². The van der Waals surface area contributed by atoms with Crippen molar-refractivity contribution in [3.05, 3.63) is 21.6 Å². The highest BCUT2D eigenvalue weighted by molar-refractivity contribution is 6.33. The number of nitrogens with one attached hydrogen (secondary N) is 1. The van der Waals surface area contributed by atoms with Gasteiger partial charge < -0.3 is 5.32 Å². The van der Waals surface area contributed by atoms with Crippen LogP contribution in [-0.4, -0.2) is 15.8 Å². The molecular formula is C16H24ClN3O. The number of halogens is 1. The van der Waals surface area contributed by atoms with Gasteiger partial charge in [-0.1, -0.05) is 25.4 Å². The Hall–Kier alpha value is -1.03. The summed E-state index contributed by atoms with van der Waals surface area (Å²) in [6, 6.07) is 0.339. The molecule has 2 fully saturated rings. The zero-order valence-corrected chi connectivity index (χ0v) is 13.6. The molecule has 0 saturated heterocycles. The summed E-state index contributed by atoms with van der Waals surface area (Å²) in [5.41, 5.74) is 0.471. The highest BCUT2D eigenvalue weighted by Crippen LogP contribution is 2.32. The molecule has 2 saturated carbocycles. The lowest BCUT2D eigenvalue weighted by Crippen LogP contribution is -2.34. The van der Waals surface area contributed by atoms with Gasteiger partial charge in [-0.3, -0.25) is 4.79 Å². The average molecular weight is 310 g/mol. The van der Waals surface area contributed by atoms with E-state index in [4.69, 9.17) is 11.6 Å². The van der Waals surface area contributed by atoms with E-state index < -0.39 is 0 Å². The quantitative estimate of drug-likeness (QED) is 0.925. The van der Waals surface area contributed by atoms with Crippen molar-refractivity contribution in [3.63, 3.8) is 0 Å². The van der Waals surface area contributed by atoms with E-state index in [1.807, 2.05) is 0 Å². The molecule has 116 valence electrons. The van der Waals surface area contributed by atoms with Crippen molar-refractivity contribution in [1.29, 1.82) is 0 Å². The second kappa shape index (κ2) is 5.99. The molecule has 2 atom stereocenters. The minimum atomic E-state index is -0.0692. The monoisotopic (exact) mass is 309 g/mol. The van der Waals surface area contributed by atoms with E-state index >= 15 is 0 Å². The van der Waals surface area contributed by atoms with Crippen LogP contribution in [0.15, 0.2) is 11.0 Å². The van der Waals surface area contributed by atoms with Crippen LogP contribution in [0.2, 0.25) is 5.02 Å². The summed E-state index contributed by atoms with van der Waals surface area (Å²) in [5.74, 6) is 2.01. The number of aromatic nitrogens is 2. The summed E-state index contributed by atoms with van der Waals surface area (Å²) in [6.45, 7) is 5.29. The molecule has 2 aliphatic carbocycles. The predicted molar refractivity (Wildman–Crippen MR) is 85.8 cm³/mol. The Morgan fingerprint density at radius 3 is 2.57 bits per heavy atom. The van der Waals surface area contributed by atoms with E-state index in [-0.39, 0.29) is 5.56 Å². The van der Waals surface area contributed by atoms with Crippen LogP contribution in [-0.2, 0) is 6.54 Å². The molecule has 0 aliphatic heterocycles. The van der Waals surface area contributed by atoms with Gasteiger partial charge in [0.05, 0.1) is 11.2 Å². The first-order valence-electron chi connectivity index (χ1n) is 8.05. The molecule has 21 heavy (non-hydrogen) atoms. The molecule has 2 unspecified atom stereocenters. The molecule has 2 aliphatic rings. The van der Waals surface area contributed by atoms with Gasteiger partial charge in [0.2, 0.25) is 0 Å². The van der Waals surface area contributed by atoms with Gasteiger partial charge in [0.25, 0.3) is 5.56 Å². The van der Waals surface area contributed by atoms with Crippen molar-refractivity contribution in [3.8, 4) is 0 Å².